The Morgan fingerprint density at radius 3 is 2.81 bits per heavy atom. The van der Waals surface area contributed by atoms with E-state index in [1.165, 1.54) is 0 Å². The Hall–Kier alpha value is -1.33. The first-order chi connectivity index (χ1) is 9.71. The average Bonchev–Trinajstić information content (AvgIpc) is 2.40. The first kappa shape index (κ1) is 16.0. The lowest BCUT2D eigenvalue weighted by molar-refractivity contribution is -0.0385. The molecule has 118 valence electrons. The van der Waals surface area contributed by atoms with Gasteiger partial charge in [-0.05, 0) is 27.7 Å². The van der Waals surface area contributed by atoms with Crippen LogP contribution in [0.5, 0.6) is 0 Å². The van der Waals surface area contributed by atoms with Crippen molar-refractivity contribution in [2.75, 3.05) is 19.6 Å². The number of amides is 1. The first-order valence-electron chi connectivity index (χ1n) is 7.50. The highest BCUT2D eigenvalue weighted by Gasteiger charge is 2.43. The Bertz CT molecular complexity index is 465. The molecule has 1 saturated heterocycles. The highest BCUT2D eigenvalue weighted by atomic mass is 16.6. The molecule has 1 aliphatic carbocycles. The Morgan fingerprint density at radius 2 is 2.24 bits per heavy atom. The summed E-state index contributed by atoms with van der Waals surface area (Å²) in [6.45, 7) is 9.37. The van der Waals surface area contributed by atoms with E-state index in [1.807, 2.05) is 39.8 Å². The lowest BCUT2D eigenvalue weighted by Crippen LogP contribution is -2.63. The van der Waals surface area contributed by atoms with E-state index in [0.29, 0.717) is 26.1 Å². The second kappa shape index (κ2) is 5.81. The molecule has 0 aromatic rings. The Morgan fingerprint density at radius 1 is 1.52 bits per heavy atom. The van der Waals surface area contributed by atoms with E-state index in [-0.39, 0.29) is 12.1 Å². The normalized spacial score (nSPS) is 30.0. The number of piperazine rings is 1. The Kier molecular flexibility index (Phi) is 4.44. The van der Waals surface area contributed by atoms with Crippen molar-refractivity contribution in [2.24, 2.45) is 0 Å². The third kappa shape index (κ3) is 3.86. The number of aliphatic hydroxyl groups is 1. The van der Waals surface area contributed by atoms with Gasteiger partial charge in [0.1, 0.15) is 11.2 Å². The molecule has 1 fully saturated rings. The van der Waals surface area contributed by atoms with Crippen molar-refractivity contribution in [1.29, 1.82) is 0 Å². The van der Waals surface area contributed by atoms with Gasteiger partial charge in [0.05, 0.1) is 6.04 Å². The molecular weight excluding hydrogens is 268 g/mol. The SMILES string of the molecule is CC1=CC[C@](O)([C@H]2CNCCN2C(=O)OC(C)(C)C)C=C1. The van der Waals surface area contributed by atoms with Gasteiger partial charge in [0.25, 0.3) is 0 Å². The van der Waals surface area contributed by atoms with E-state index in [4.69, 9.17) is 4.74 Å². The highest BCUT2D eigenvalue weighted by Crippen LogP contribution is 2.29. The fourth-order valence-electron chi connectivity index (χ4n) is 2.67. The van der Waals surface area contributed by atoms with E-state index >= 15 is 0 Å². The van der Waals surface area contributed by atoms with Crippen molar-refractivity contribution in [3.05, 3.63) is 23.8 Å². The van der Waals surface area contributed by atoms with Crippen molar-refractivity contribution in [2.45, 2.75) is 51.4 Å². The molecule has 0 unspecified atom stereocenters. The van der Waals surface area contributed by atoms with Gasteiger partial charge in [-0.2, -0.15) is 0 Å². The second-order valence-corrected chi connectivity index (χ2v) is 6.87. The Labute approximate surface area is 126 Å². The molecule has 0 spiro atoms. The molecule has 1 heterocycles. The maximum absolute atomic E-state index is 12.4. The summed E-state index contributed by atoms with van der Waals surface area (Å²) in [5, 5.41) is 14.2. The molecule has 1 aliphatic heterocycles. The van der Waals surface area contributed by atoms with Crippen LogP contribution in [0.4, 0.5) is 4.79 Å². The molecule has 5 heteroatoms. The molecule has 0 aromatic carbocycles. The number of nitrogens with zero attached hydrogens (tertiary/aromatic N) is 1. The topological polar surface area (TPSA) is 61.8 Å². The van der Waals surface area contributed by atoms with Crippen LogP contribution >= 0.6 is 0 Å². The molecule has 0 radical (unpaired) electrons. The van der Waals surface area contributed by atoms with E-state index in [1.54, 1.807) is 11.0 Å². The number of carbonyl (C=O) groups is 1. The highest BCUT2D eigenvalue weighted by molar-refractivity contribution is 5.69. The smallest absolute Gasteiger partial charge is 0.410 e. The summed E-state index contributed by atoms with van der Waals surface area (Å²) in [7, 11) is 0. The van der Waals surface area contributed by atoms with Gasteiger partial charge in [-0.1, -0.05) is 23.8 Å². The van der Waals surface area contributed by atoms with E-state index in [0.717, 1.165) is 5.57 Å². The molecule has 2 rings (SSSR count). The average molecular weight is 294 g/mol. The maximum Gasteiger partial charge on any atom is 0.410 e. The molecule has 2 atom stereocenters. The van der Waals surface area contributed by atoms with Crippen LogP contribution in [0.25, 0.3) is 0 Å². The molecule has 0 saturated carbocycles. The molecule has 1 amide bonds. The predicted octanol–water partition coefficient (Wildman–Crippen LogP) is 1.83. The van der Waals surface area contributed by atoms with Crippen LogP contribution in [0.1, 0.15) is 34.1 Å². The summed E-state index contributed by atoms with van der Waals surface area (Å²) in [6.07, 6.45) is 5.87. The maximum atomic E-state index is 12.4. The van der Waals surface area contributed by atoms with Crippen LogP contribution < -0.4 is 5.32 Å². The van der Waals surface area contributed by atoms with Crippen LogP contribution in [-0.4, -0.2) is 53.0 Å². The minimum absolute atomic E-state index is 0.318. The molecule has 5 nitrogen and oxygen atoms in total. The van der Waals surface area contributed by atoms with E-state index in [9.17, 15) is 9.90 Å². The van der Waals surface area contributed by atoms with Crippen molar-refractivity contribution in [3.63, 3.8) is 0 Å². The molecular formula is C16H26N2O3. The van der Waals surface area contributed by atoms with Crippen molar-refractivity contribution in [3.8, 4) is 0 Å². The fourth-order valence-corrected chi connectivity index (χ4v) is 2.67. The molecule has 2 aliphatic rings. The van der Waals surface area contributed by atoms with E-state index < -0.39 is 11.2 Å². The van der Waals surface area contributed by atoms with E-state index in [2.05, 4.69) is 5.32 Å². The lowest BCUT2D eigenvalue weighted by Gasteiger charge is -2.45. The number of nitrogens with one attached hydrogen (secondary N) is 1. The number of ether oxygens (including phenoxy) is 1. The molecule has 21 heavy (non-hydrogen) atoms. The summed E-state index contributed by atoms with van der Waals surface area (Å²) in [5.41, 5.74) is -0.440. The Balaban J connectivity index is 2.16. The minimum Gasteiger partial charge on any atom is -0.444 e. The quantitative estimate of drug-likeness (QED) is 0.774. The van der Waals surface area contributed by atoms with Gasteiger partial charge in [0.2, 0.25) is 0 Å². The van der Waals surface area contributed by atoms with Crippen molar-refractivity contribution >= 4 is 6.09 Å². The van der Waals surface area contributed by atoms with Gasteiger partial charge in [0, 0.05) is 26.1 Å². The summed E-state index contributed by atoms with van der Waals surface area (Å²) in [5.74, 6) is 0. The number of hydrogen-bond donors (Lipinski definition) is 2. The predicted molar refractivity (Wildman–Crippen MR) is 82.1 cm³/mol. The largest absolute Gasteiger partial charge is 0.444 e. The van der Waals surface area contributed by atoms with Gasteiger partial charge in [-0.25, -0.2) is 4.79 Å². The van der Waals surface area contributed by atoms with Gasteiger partial charge in [-0.15, -0.1) is 0 Å². The lowest BCUT2D eigenvalue weighted by atomic mass is 9.84. The number of rotatable bonds is 1. The minimum atomic E-state index is -1.04. The first-order valence-corrected chi connectivity index (χ1v) is 7.50. The monoisotopic (exact) mass is 294 g/mol. The summed E-state index contributed by atoms with van der Waals surface area (Å²) >= 11 is 0. The number of carbonyl (C=O) groups excluding carboxylic acids is 1. The van der Waals surface area contributed by atoms with Crippen molar-refractivity contribution < 1.29 is 14.6 Å². The third-order valence-corrected chi connectivity index (χ3v) is 3.83. The second-order valence-electron chi connectivity index (χ2n) is 6.87. The van der Waals surface area contributed by atoms with Crippen molar-refractivity contribution in [1.82, 2.24) is 10.2 Å². The summed E-state index contributed by atoms with van der Waals surface area (Å²) in [4.78, 5) is 14.1. The summed E-state index contributed by atoms with van der Waals surface area (Å²) < 4.78 is 5.47. The van der Waals surface area contributed by atoms with Crippen LogP contribution in [-0.2, 0) is 4.74 Å². The van der Waals surface area contributed by atoms with Gasteiger partial charge in [-0.3, -0.25) is 4.90 Å². The van der Waals surface area contributed by atoms with Gasteiger partial charge < -0.3 is 15.2 Å². The zero-order valence-electron chi connectivity index (χ0n) is 13.3. The van der Waals surface area contributed by atoms with Crippen LogP contribution in [0.3, 0.4) is 0 Å². The third-order valence-electron chi connectivity index (χ3n) is 3.83. The van der Waals surface area contributed by atoms with Gasteiger partial charge >= 0.3 is 6.09 Å². The van der Waals surface area contributed by atoms with Crippen LogP contribution in [0.15, 0.2) is 23.8 Å². The summed E-state index contributed by atoms with van der Waals surface area (Å²) in [6, 6.07) is -0.318. The molecule has 2 N–H and O–H groups in total. The molecule has 0 aromatic heterocycles. The van der Waals surface area contributed by atoms with Gasteiger partial charge in [0.15, 0.2) is 0 Å². The molecule has 0 bridgehead atoms. The van der Waals surface area contributed by atoms with Crippen LogP contribution in [0, 0.1) is 0 Å². The number of allylic oxidation sites excluding steroid dienone is 2. The van der Waals surface area contributed by atoms with Crippen LogP contribution in [0.2, 0.25) is 0 Å². The zero-order valence-corrected chi connectivity index (χ0v) is 13.3. The standard InChI is InChI=1S/C16H26N2O3/c1-12-5-7-16(20,8-6-12)13-11-17-9-10-18(13)14(19)21-15(2,3)4/h5-7,13,17,20H,8-11H2,1-4H3/t13-,16+/m1/s1. The number of hydrogen-bond acceptors (Lipinski definition) is 4. The fraction of sp³-hybridized carbons (Fsp3) is 0.688. The zero-order chi connectivity index (χ0) is 15.7.